The van der Waals surface area contributed by atoms with E-state index in [-0.39, 0.29) is 51.0 Å². The molecule has 0 fully saturated rings. The molecule has 3 heteroatoms. The van der Waals surface area contributed by atoms with E-state index in [2.05, 4.69) is 19.1 Å². The van der Waals surface area contributed by atoms with Crippen LogP contribution in [0.15, 0.2) is 17.7 Å². The Balaban J connectivity index is -0.000000270. The number of halogens is 2. The second kappa shape index (κ2) is 11.9. The van der Waals surface area contributed by atoms with Crippen molar-refractivity contribution in [3.05, 3.63) is 23.8 Å². The van der Waals surface area contributed by atoms with Crippen molar-refractivity contribution in [3.8, 4) is 0 Å². The van der Waals surface area contributed by atoms with Crippen molar-refractivity contribution in [1.29, 1.82) is 0 Å². The maximum atomic E-state index is 3.16. The summed E-state index contributed by atoms with van der Waals surface area (Å²) in [5.74, 6) is 0. The number of hydrogen-bond acceptors (Lipinski definition) is 0. The van der Waals surface area contributed by atoms with Gasteiger partial charge in [-0.1, -0.05) is 19.8 Å². The molecule has 0 unspecified atom stereocenters. The van der Waals surface area contributed by atoms with Gasteiger partial charge in [-0.2, -0.15) is 5.57 Å². The minimum Gasteiger partial charge on any atom is -1.00 e. The minimum absolute atomic E-state index is 0. The molecule has 0 bridgehead atoms. The third-order valence-corrected chi connectivity index (χ3v) is 1.62. The van der Waals surface area contributed by atoms with Gasteiger partial charge in [-0.3, -0.25) is 6.08 Å². The summed E-state index contributed by atoms with van der Waals surface area (Å²) in [7, 11) is 0. The summed E-state index contributed by atoms with van der Waals surface area (Å²) in [4.78, 5) is 0. The monoisotopic (exact) mass is 281 g/mol. The van der Waals surface area contributed by atoms with Gasteiger partial charge < -0.3 is 24.8 Å². The molecule has 0 spiro atoms. The van der Waals surface area contributed by atoms with Crippen molar-refractivity contribution in [2.75, 3.05) is 0 Å². The Labute approximate surface area is 107 Å². The maximum Gasteiger partial charge on any atom is 3.00 e. The summed E-state index contributed by atoms with van der Waals surface area (Å²) in [6.45, 7) is 2.23. The first-order valence-electron chi connectivity index (χ1n) is 3.68. The molecule has 1 radical (unpaired) electrons. The van der Waals surface area contributed by atoms with Crippen molar-refractivity contribution < 1.29 is 51.0 Å². The average Bonchev–Trinajstić information content (AvgIpc) is 2.34. The zero-order chi connectivity index (χ0) is 6.53. The van der Waals surface area contributed by atoms with Crippen LogP contribution in [0.4, 0.5) is 0 Å². The van der Waals surface area contributed by atoms with Crippen LogP contribution in [0.5, 0.6) is 0 Å². The normalized spacial score (nSPS) is 12.2. The topological polar surface area (TPSA) is 0 Å². The molecular formula is C9H13Cl2Zr. The molecule has 0 amide bonds. The Morgan fingerprint density at radius 2 is 2.08 bits per heavy atom. The molecule has 0 heterocycles. The SMILES string of the molecule is CCCCC1=CC=[C-]C1.[Cl-].[Cl-].[Zr+3]. The van der Waals surface area contributed by atoms with Crippen LogP contribution in [0.3, 0.4) is 0 Å². The Hall–Kier alpha value is 0.943. The molecule has 0 saturated heterocycles. The van der Waals surface area contributed by atoms with Crippen LogP contribution in [0.25, 0.3) is 0 Å². The number of rotatable bonds is 3. The molecule has 0 aliphatic heterocycles. The molecule has 0 aromatic carbocycles. The van der Waals surface area contributed by atoms with Crippen molar-refractivity contribution in [2.24, 2.45) is 0 Å². The molecule has 1 aliphatic carbocycles. The zero-order valence-electron chi connectivity index (χ0n) is 7.24. The average molecular weight is 283 g/mol. The first kappa shape index (κ1) is 18.7. The summed E-state index contributed by atoms with van der Waals surface area (Å²) in [5.41, 5.74) is 1.55. The van der Waals surface area contributed by atoms with E-state index in [1.165, 1.54) is 19.3 Å². The van der Waals surface area contributed by atoms with Crippen molar-refractivity contribution in [2.45, 2.75) is 32.6 Å². The molecule has 0 saturated carbocycles. The van der Waals surface area contributed by atoms with E-state index < -0.39 is 0 Å². The Bertz CT molecular complexity index is 141. The van der Waals surface area contributed by atoms with Gasteiger partial charge in [-0.05, 0) is 6.42 Å². The van der Waals surface area contributed by atoms with Crippen LogP contribution in [0.2, 0.25) is 0 Å². The van der Waals surface area contributed by atoms with Gasteiger partial charge in [0.2, 0.25) is 0 Å². The van der Waals surface area contributed by atoms with Crippen molar-refractivity contribution in [3.63, 3.8) is 0 Å². The molecule has 12 heavy (non-hydrogen) atoms. The molecule has 0 aromatic heterocycles. The molecular weight excluding hydrogens is 270 g/mol. The molecule has 0 aromatic rings. The fourth-order valence-electron chi connectivity index (χ4n) is 1.00. The Morgan fingerprint density at radius 3 is 2.50 bits per heavy atom. The van der Waals surface area contributed by atoms with Gasteiger partial charge in [0.25, 0.3) is 0 Å². The second-order valence-electron chi connectivity index (χ2n) is 2.48. The van der Waals surface area contributed by atoms with Gasteiger partial charge in [0.05, 0.1) is 0 Å². The van der Waals surface area contributed by atoms with Gasteiger partial charge in [-0.15, -0.1) is 6.42 Å². The quantitative estimate of drug-likeness (QED) is 0.481. The number of allylic oxidation sites excluding steroid dienone is 4. The Kier molecular flexibility index (Phi) is 18.6. The van der Waals surface area contributed by atoms with E-state index in [0.29, 0.717) is 0 Å². The number of unbranched alkanes of at least 4 members (excludes halogenated alkanes) is 1. The van der Waals surface area contributed by atoms with Crippen molar-refractivity contribution in [1.82, 2.24) is 0 Å². The molecule has 1 rings (SSSR count). The summed E-state index contributed by atoms with van der Waals surface area (Å²) in [6, 6.07) is 0. The zero-order valence-corrected chi connectivity index (χ0v) is 11.2. The van der Waals surface area contributed by atoms with E-state index in [9.17, 15) is 0 Å². The summed E-state index contributed by atoms with van der Waals surface area (Å²) in [6.07, 6.45) is 12.4. The third-order valence-electron chi connectivity index (χ3n) is 1.62. The fraction of sp³-hybridized carbons (Fsp3) is 0.556. The predicted molar refractivity (Wildman–Crippen MR) is 40.0 cm³/mol. The molecule has 0 nitrogen and oxygen atoms in total. The van der Waals surface area contributed by atoms with E-state index in [1.807, 2.05) is 6.08 Å². The summed E-state index contributed by atoms with van der Waals surface area (Å²) >= 11 is 0. The molecule has 1 aliphatic rings. The van der Waals surface area contributed by atoms with Gasteiger partial charge >= 0.3 is 26.2 Å². The van der Waals surface area contributed by atoms with Gasteiger partial charge in [-0.25, -0.2) is 12.2 Å². The van der Waals surface area contributed by atoms with E-state index in [0.717, 1.165) is 6.42 Å². The van der Waals surface area contributed by atoms with Crippen LogP contribution in [-0.4, -0.2) is 0 Å². The minimum atomic E-state index is 0. The van der Waals surface area contributed by atoms with Crippen LogP contribution >= 0.6 is 0 Å². The largest absolute Gasteiger partial charge is 3.00 e. The molecule has 67 valence electrons. The van der Waals surface area contributed by atoms with Crippen LogP contribution in [0, 0.1) is 6.08 Å². The van der Waals surface area contributed by atoms with Gasteiger partial charge in [0.15, 0.2) is 0 Å². The van der Waals surface area contributed by atoms with Crippen LogP contribution in [0.1, 0.15) is 32.6 Å². The standard InChI is InChI=1S/C9H13.2ClH.Zr/c1-2-3-6-9-7-4-5-8-9;;;/h4,7H,2-3,6,8H2,1H3;2*1H;/q-1;;;+3/p-2. The van der Waals surface area contributed by atoms with Crippen LogP contribution < -0.4 is 24.8 Å². The first-order valence-corrected chi connectivity index (χ1v) is 3.68. The van der Waals surface area contributed by atoms with Gasteiger partial charge in [0.1, 0.15) is 0 Å². The summed E-state index contributed by atoms with van der Waals surface area (Å²) < 4.78 is 0. The van der Waals surface area contributed by atoms with E-state index in [4.69, 9.17) is 0 Å². The molecule has 0 atom stereocenters. The van der Waals surface area contributed by atoms with Gasteiger partial charge in [0, 0.05) is 0 Å². The predicted octanol–water partition coefficient (Wildman–Crippen LogP) is -3.13. The van der Waals surface area contributed by atoms with E-state index in [1.54, 1.807) is 5.57 Å². The summed E-state index contributed by atoms with van der Waals surface area (Å²) in [5, 5.41) is 0. The number of hydrogen-bond donors (Lipinski definition) is 0. The smallest absolute Gasteiger partial charge is 1.00 e. The molecule has 0 N–H and O–H groups in total. The maximum absolute atomic E-state index is 3.16. The van der Waals surface area contributed by atoms with Crippen molar-refractivity contribution >= 4 is 0 Å². The van der Waals surface area contributed by atoms with Crippen LogP contribution in [-0.2, 0) is 26.2 Å². The fourth-order valence-corrected chi connectivity index (χ4v) is 1.00. The third kappa shape index (κ3) is 7.58. The van der Waals surface area contributed by atoms with E-state index >= 15 is 0 Å². The first-order chi connectivity index (χ1) is 4.43. The Morgan fingerprint density at radius 1 is 1.42 bits per heavy atom. The second-order valence-corrected chi connectivity index (χ2v) is 2.48.